The quantitative estimate of drug-likeness (QED) is 0.0788. The fraction of sp³-hybridized carbons (Fsp3) is 0.333. The van der Waals surface area contributed by atoms with Crippen LogP contribution in [0.1, 0.15) is 24.0 Å². The molecule has 20 nitrogen and oxygen atoms in total. The summed E-state index contributed by atoms with van der Waals surface area (Å²) in [5.41, 5.74) is 0.354. The highest BCUT2D eigenvalue weighted by molar-refractivity contribution is 6.05. The van der Waals surface area contributed by atoms with Gasteiger partial charge < -0.3 is 45.0 Å². The molecule has 6 aromatic rings. The molecular weight excluding hydrogens is 987 g/mol. The predicted octanol–water partition coefficient (Wildman–Crippen LogP) is 5.84. The van der Waals surface area contributed by atoms with Gasteiger partial charge in [0.2, 0.25) is 5.88 Å². The van der Waals surface area contributed by atoms with Gasteiger partial charge in [0.25, 0.3) is 0 Å². The number of urea groups is 2. The molecule has 4 aromatic heterocycles. The van der Waals surface area contributed by atoms with E-state index in [2.05, 4.69) is 40.5 Å². The summed E-state index contributed by atoms with van der Waals surface area (Å²) in [5, 5.41) is 42.3. The SMILES string of the molecule is O=C(Nc1cc(OC[C@H](O)CO)ccn1)N1c2nc(-c3cccc(C(F)(F)F)c3)ncc2N2CC[C@H]1C2.O=C(Nc1ccnc(OC[C@H](O)CO)c1)N1c2nc(-c3cccc(C(F)(F)F)c3)ncc2N2CC[C@H]1C2. The minimum absolute atomic E-state index is 0.0705. The van der Waals surface area contributed by atoms with E-state index >= 15 is 0 Å². The molecule has 2 saturated heterocycles. The number of nitrogens with zero attached hydrogens (tertiary/aromatic N) is 10. The molecule has 0 radical (unpaired) electrons. The van der Waals surface area contributed by atoms with Gasteiger partial charge in [-0.25, -0.2) is 39.5 Å². The van der Waals surface area contributed by atoms with Gasteiger partial charge in [0.05, 0.1) is 60.2 Å². The summed E-state index contributed by atoms with van der Waals surface area (Å²) in [7, 11) is 0. The Labute approximate surface area is 416 Å². The molecular formula is C48H46F6N12O8. The molecule has 26 heteroatoms. The summed E-state index contributed by atoms with van der Waals surface area (Å²) >= 11 is 0. The molecule has 0 aliphatic carbocycles. The number of ether oxygens (including phenoxy) is 2. The summed E-state index contributed by atoms with van der Waals surface area (Å²) in [5.74, 6) is 1.42. The van der Waals surface area contributed by atoms with Gasteiger partial charge in [0.15, 0.2) is 23.3 Å². The molecule has 4 aliphatic heterocycles. The van der Waals surface area contributed by atoms with Crippen molar-refractivity contribution < 1.29 is 65.8 Å². The van der Waals surface area contributed by atoms with Crippen molar-refractivity contribution in [3.8, 4) is 34.4 Å². The lowest BCUT2D eigenvalue weighted by molar-refractivity contribution is -0.138. The van der Waals surface area contributed by atoms with E-state index in [1.807, 2.05) is 9.80 Å². The van der Waals surface area contributed by atoms with Crippen LogP contribution in [0.2, 0.25) is 0 Å². The van der Waals surface area contributed by atoms with Crippen molar-refractivity contribution in [2.24, 2.45) is 0 Å². The van der Waals surface area contributed by atoms with Crippen molar-refractivity contribution in [2.75, 3.05) is 82.8 Å². The predicted molar refractivity (Wildman–Crippen MR) is 255 cm³/mol. The summed E-state index contributed by atoms with van der Waals surface area (Å²) in [4.78, 5) is 59.7. The zero-order valence-electron chi connectivity index (χ0n) is 38.8. The normalized spacial score (nSPS) is 17.4. The Balaban J connectivity index is 0.000000182. The Hall–Kier alpha value is -7.94. The van der Waals surface area contributed by atoms with Crippen LogP contribution in [-0.4, -0.2) is 139 Å². The number of pyridine rings is 2. The minimum atomic E-state index is -4.51. The number of carbonyl (C=O) groups is 2. The largest absolute Gasteiger partial charge is 0.491 e. The first-order valence-electron chi connectivity index (χ1n) is 23.0. The average molecular weight is 1030 g/mol. The molecule has 74 heavy (non-hydrogen) atoms. The summed E-state index contributed by atoms with van der Waals surface area (Å²) in [6.45, 7) is 1.29. The number of aromatic nitrogens is 6. The lowest BCUT2D eigenvalue weighted by atomic mass is 10.1. The first kappa shape index (κ1) is 51.0. The van der Waals surface area contributed by atoms with Gasteiger partial charge in [0.1, 0.15) is 37.0 Å². The number of aliphatic hydroxyl groups is 4. The lowest BCUT2D eigenvalue weighted by Crippen LogP contribution is -2.48. The highest BCUT2D eigenvalue weighted by Gasteiger charge is 2.43. The number of fused-ring (bicyclic) bond motifs is 8. The van der Waals surface area contributed by atoms with Crippen molar-refractivity contribution in [3.05, 3.63) is 109 Å². The molecule has 388 valence electrons. The van der Waals surface area contributed by atoms with Crippen molar-refractivity contribution in [2.45, 2.75) is 49.5 Å². The highest BCUT2D eigenvalue weighted by Crippen LogP contribution is 2.42. The second kappa shape index (κ2) is 21.3. The second-order valence-corrected chi connectivity index (χ2v) is 17.4. The lowest BCUT2D eigenvalue weighted by Gasteiger charge is -2.35. The average Bonchev–Trinajstić information content (AvgIpc) is 4.02. The number of halogens is 6. The molecule has 4 atom stereocenters. The van der Waals surface area contributed by atoms with Crippen molar-refractivity contribution in [3.63, 3.8) is 0 Å². The van der Waals surface area contributed by atoms with E-state index < -0.39 is 61.0 Å². The molecule has 8 heterocycles. The Kier molecular flexibility index (Phi) is 14.6. The van der Waals surface area contributed by atoms with Crippen LogP contribution in [0.5, 0.6) is 11.6 Å². The minimum Gasteiger partial charge on any atom is -0.491 e. The van der Waals surface area contributed by atoms with Gasteiger partial charge in [-0.05, 0) is 49.2 Å². The first-order chi connectivity index (χ1) is 35.4. The maximum Gasteiger partial charge on any atom is 0.416 e. The fourth-order valence-corrected chi connectivity index (χ4v) is 8.66. The first-order valence-corrected chi connectivity index (χ1v) is 23.0. The van der Waals surface area contributed by atoms with Gasteiger partial charge >= 0.3 is 24.4 Å². The Bertz CT molecular complexity index is 2810. The zero-order valence-corrected chi connectivity index (χ0v) is 38.8. The van der Waals surface area contributed by atoms with Gasteiger partial charge in [-0.15, -0.1) is 0 Å². The molecule has 2 fully saturated rings. The van der Waals surface area contributed by atoms with Gasteiger partial charge in [-0.2, -0.15) is 26.3 Å². The third kappa shape index (κ3) is 11.3. The number of carbonyl (C=O) groups excluding carboxylic acids is 2. The maximum absolute atomic E-state index is 13.4. The second-order valence-electron chi connectivity index (χ2n) is 17.4. The summed E-state index contributed by atoms with van der Waals surface area (Å²) < 4.78 is 90.1. The number of amides is 4. The Morgan fingerprint density at radius 2 is 1.16 bits per heavy atom. The van der Waals surface area contributed by atoms with Crippen LogP contribution in [0.4, 0.5) is 70.4 Å². The summed E-state index contributed by atoms with van der Waals surface area (Å²) in [6.07, 6.45) is -3.87. The molecule has 2 aromatic carbocycles. The number of anilines is 6. The van der Waals surface area contributed by atoms with Crippen LogP contribution in [0.3, 0.4) is 0 Å². The number of rotatable bonds is 12. The fourth-order valence-electron chi connectivity index (χ4n) is 8.66. The van der Waals surface area contributed by atoms with E-state index in [4.69, 9.17) is 19.7 Å². The topological polar surface area (TPSA) is 248 Å². The van der Waals surface area contributed by atoms with Crippen LogP contribution in [0.15, 0.2) is 97.6 Å². The Morgan fingerprint density at radius 3 is 1.69 bits per heavy atom. The van der Waals surface area contributed by atoms with Crippen molar-refractivity contribution in [1.82, 2.24) is 29.9 Å². The number of nitrogens with one attached hydrogen (secondary N) is 2. The third-order valence-corrected chi connectivity index (χ3v) is 12.3. The molecule has 4 amide bonds. The van der Waals surface area contributed by atoms with E-state index in [-0.39, 0.29) is 59.8 Å². The van der Waals surface area contributed by atoms with Crippen LogP contribution in [-0.2, 0) is 12.4 Å². The standard InChI is InChI=1S/2C24H23F3N6O4/c25-24(26,27)15-3-1-2-14(8-15)21-29-10-19-22(31-21)33(16-5-7-32(19)11-16)23(36)30-20-9-18(4-6-28-20)37-13-17(35)12-34;25-24(26,27)15-3-1-2-14(8-15)21-29-10-19-22(31-21)33(17-5-7-32(19)11-17)23(36)30-16-4-6-28-20(9-16)37-13-18(35)12-34/h1-4,6,8-10,16-17,34-35H,5,7,11-13H2,(H,28,30,36);1-4,6,8-10,17-18,34-35H,5,7,11-13H2,(H,28,30,36)/t16-,17+;17-,18+/m00/s1. The van der Waals surface area contributed by atoms with Crippen LogP contribution in [0.25, 0.3) is 22.8 Å². The summed E-state index contributed by atoms with van der Waals surface area (Å²) in [6, 6.07) is 14.2. The molecule has 0 saturated carbocycles. The van der Waals surface area contributed by atoms with Gasteiger partial charge in [-0.3, -0.25) is 15.1 Å². The third-order valence-electron chi connectivity index (χ3n) is 12.3. The monoisotopic (exact) mass is 1030 g/mol. The van der Waals surface area contributed by atoms with Crippen LogP contribution in [0, 0.1) is 0 Å². The van der Waals surface area contributed by atoms with Crippen LogP contribution >= 0.6 is 0 Å². The number of alkyl halides is 6. The van der Waals surface area contributed by atoms with E-state index in [9.17, 15) is 46.1 Å². The van der Waals surface area contributed by atoms with Crippen molar-refractivity contribution >= 4 is 46.6 Å². The Morgan fingerprint density at radius 1 is 0.649 bits per heavy atom. The van der Waals surface area contributed by atoms with E-state index in [1.165, 1.54) is 71.0 Å². The van der Waals surface area contributed by atoms with Crippen LogP contribution < -0.4 is 39.7 Å². The van der Waals surface area contributed by atoms with Gasteiger partial charge in [0, 0.05) is 67.5 Å². The molecule has 0 unspecified atom stereocenters. The molecule has 0 spiro atoms. The van der Waals surface area contributed by atoms with Crippen molar-refractivity contribution in [1.29, 1.82) is 0 Å². The number of aliphatic hydroxyl groups excluding tert-OH is 4. The molecule has 10 rings (SSSR count). The number of hydrogen-bond donors (Lipinski definition) is 6. The van der Waals surface area contributed by atoms with E-state index in [0.717, 1.165) is 24.3 Å². The highest BCUT2D eigenvalue weighted by atomic mass is 19.4. The van der Waals surface area contributed by atoms with Gasteiger partial charge in [-0.1, -0.05) is 24.3 Å². The zero-order chi connectivity index (χ0) is 52.3. The molecule has 4 bridgehead atoms. The van der Waals surface area contributed by atoms with E-state index in [1.54, 1.807) is 12.1 Å². The van der Waals surface area contributed by atoms with E-state index in [0.29, 0.717) is 73.5 Å². The molecule has 6 N–H and O–H groups in total. The smallest absolute Gasteiger partial charge is 0.416 e. The number of hydrogen-bond acceptors (Lipinski definition) is 16. The number of benzene rings is 2. The molecule has 4 aliphatic rings. The maximum atomic E-state index is 13.4.